The predicted molar refractivity (Wildman–Crippen MR) is 119 cm³/mol. The average molecular weight is 420 g/mol. The summed E-state index contributed by atoms with van der Waals surface area (Å²) < 4.78 is 7.12. The zero-order valence-corrected chi connectivity index (χ0v) is 18.0. The molecule has 0 N–H and O–H groups in total. The molecule has 0 saturated heterocycles. The molecule has 7 heteroatoms. The Morgan fingerprint density at radius 2 is 1.80 bits per heavy atom. The third-order valence-corrected chi connectivity index (χ3v) is 6.02. The van der Waals surface area contributed by atoms with Gasteiger partial charge >= 0.3 is 0 Å². The van der Waals surface area contributed by atoms with Gasteiger partial charge in [0.25, 0.3) is 0 Å². The number of methoxy groups -OCH3 is 1. The van der Waals surface area contributed by atoms with E-state index in [-0.39, 0.29) is 0 Å². The van der Waals surface area contributed by atoms with Crippen LogP contribution in [0.3, 0.4) is 0 Å². The Morgan fingerprint density at radius 1 is 1.00 bits per heavy atom. The molecule has 2 heterocycles. The molecule has 0 aliphatic rings. The first kappa shape index (κ1) is 20.3. The van der Waals surface area contributed by atoms with Crippen LogP contribution in [-0.4, -0.2) is 38.3 Å². The Labute approximate surface area is 180 Å². The van der Waals surface area contributed by atoms with Crippen LogP contribution < -0.4 is 4.74 Å². The Bertz CT molecular complexity index is 1030. The first-order valence-electron chi connectivity index (χ1n) is 9.95. The number of ether oxygens (including phenoxy) is 1. The zero-order valence-electron chi connectivity index (χ0n) is 17.2. The minimum Gasteiger partial charge on any atom is -0.497 e. The molecule has 0 bridgehead atoms. The summed E-state index contributed by atoms with van der Waals surface area (Å²) in [5.74, 6) is 1.69. The van der Waals surface area contributed by atoms with Gasteiger partial charge in [0, 0.05) is 17.5 Å². The lowest BCUT2D eigenvalue weighted by Gasteiger charge is -2.28. The zero-order chi connectivity index (χ0) is 20.8. The molecule has 4 rings (SSSR count). The second-order valence-corrected chi connectivity index (χ2v) is 8.26. The van der Waals surface area contributed by atoms with Crippen LogP contribution >= 0.6 is 11.3 Å². The van der Waals surface area contributed by atoms with Gasteiger partial charge in [0.15, 0.2) is 5.82 Å². The summed E-state index contributed by atoms with van der Waals surface area (Å²) in [6.07, 6.45) is 0.987. The summed E-state index contributed by atoms with van der Waals surface area (Å²) in [7, 11) is 1.69. The number of benzene rings is 2. The molecule has 0 aliphatic heterocycles. The van der Waals surface area contributed by atoms with Crippen molar-refractivity contribution in [2.24, 2.45) is 0 Å². The number of para-hydroxylation sites is 1. The second-order valence-electron chi connectivity index (χ2n) is 7.23. The lowest BCUT2D eigenvalue weighted by Crippen LogP contribution is -2.34. The van der Waals surface area contributed by atoms with E-state index in [4.69, 9.17) is 4.74 Å². The second kappa shape index (κ2) is 9.65. The molecule has 1 unspecified atom stereocenters. The van der Waals surface area contributed by atoms with E-state index in [1.54, 1.807) is 18.4 Å². The maximum absolute atomic E-state index is 5.30. The van der Waals surface area contributed by atoms with Crippen molar-refractivity contribution in [3.05, 3.63) is 88.4 Å². The van der Waals surface area contributed by atoms with Crippen LogP contribution in [0.2, 0.25) is 0 Å². The molecule has 154 valence electrons. The number of thiophene rings is 1. The molecule has 0 saturated carbocycles. The maximum Gasteiger partial charge on any atom is 0.170 e. The van der Waals surface area contributed by atoms with Gasteiger partial charge in [-0.05, 0) is 65.0 Å². The molecular formula is C23H25N5OS. The van der Waals surface area contributed by atoms with Crippen molar-refractivity contribution in [1.29, 1.82) is 0 Å². The van der Waals surface area contributed by atoms with Gasteiger partial charge in [-0.3, -0.25) is 4.90 Å². The minimum absolute atomic E-state index is 0.326. The van der Waals surface area contributed by atoms with E-state index < -0.39 is 0 Å². The first-order valence-corrected chi connectivity index (χ1v) is 10.8. The van der Waals surface area contributed by atoms with Gasteiger partial charge in [-0.1, -0.05) is 36.4 Å². The molecule has 30 heavy (non-hydrogen) atoms. The van der Waals surface area contributed by atoms with Crippen molar-refractivity contribution in [2.45, 2.75) is 32.5 Å². The van der Waals surface area contributed by atoms with Crippen molar-refractivity contribution in [1.82, 2.24) is 25.1 Å². The molecule has 0 amide bonds. The van der Waals surface area contributed by atoms with Gasteiger partial charge in [-0.15, -0.1) is 16.4 Å². The Morgan fingerprint density at radius 3 is 2.50 bits per heavy atom. The van der Waals surface area contributed by atoms with Gasteiger partial charge in [-0.25, -0.2) is 0 Å². The van der Waals surface area contributed by atoms with E-state index in [1.165, 1.54) is 10.4 Å². The van der Waals surface area contributed by atoms with Crippen LogP contribution in [0.5, 0.6) is 5.75 Å². The maximum atomic E-state index is 5.30. The highest BCUT2D eigenvalue weighted by atomic mass is 32.1. The lowest BCUT2D eigenvalue weighted by atomic mass is 10.1. The average Bonchev–Trinajstić information content (AvgIpc) is 3.46. The van der Waals surface area contributed by atoms with Crippen LogP contribution in [0.1, 0.15) is 23.2 Å². The Hall–Kier alpha value is -3.03. The fourth-order valence-electron chi connectivity index (χ4n) is 3.44. The molecule has 1 atom stereocenters. The van der Waals surface area contributed by atoms with Crippen molar-refractivity contribution in [2.75, 3.05) is 7.11 Å². The Kier molecular flexibility index (Phi) is 6.51. The molecule has 2 aromatic carbocycles. The quantitative estimate of drug-likeness (QED) is 0.403. The minimum atomic E-state index is 0.326. The number of aromatic nitrogens is 4. The highest BCUT2D eigenvalue weighted by Gasteiger charge is 2.20. The predicted octanol–water partition coefficient (Wildman–Crippen LogP) is 4.37. The molecule has 0 fully saturated rings. The number of hydrogen-bond donors (Lipinski definition) is 0. The largest absolute Gasteiger partial charge is 0.497 e. The van der Waals surface area contributed by atoms with Gasteiger partial charge in [0.2, 0.25) is 0 Å². The summed E-state index contributed by atoms with van der Waals surface area (Å²) in [5.41, 5.74) is 2.19. The number of tetrazole rings is 1. The summed E-state index contributed by atoms with van der Waals surface area (Å²) in [5, 5.41) is 14.6. The van der Waals surface area contributed by atoms with Gasteiger partial charge in [0.05, 0.1) is 19.3 Å². The van der Waals surface area contributed by atoms with Crippen molar-refractivity contribution >= 4 is 11.3 Å². The molecule has 0 spiro atoms. The van der Waals surface area contributed by atoms with Crippen LogP contribution in [0.4, 0.5) is 0 Å². The highest BCUT2D eigenvalue weighted by Crippen LogP contribution is 2.20. The molecule has 0 radical (unpaired) electrons. The number of hydrogen-bond acceptors (Lipinski definition) is 6. The molecule has 4 aromatic rings. The standard InChI is InChI=1S/C23H25N5OS/c1-18(15-22-9-6-14-30-22)27(16-19-10-12-21(29-2)13-11-19)17-23-24-25-26-28(23)20-7-4-3-5-8-20/h3-14,18H,15-17H2,1-2H3. The van der Waals surface area contributed by atoms with E-state index in [2.05, 4.69) is 57.0 Å². The van der Waals surface area contributed by atoms with Crippen LogP contribution in [0, 0.1) is 0 Å². The molecular weight excluding hydrogens is 394 g/mol. The fraction of sp³-hybridized carbons (Fsp3) is 0.261. The van der Waals surface area contributed by atoms with Crippen molar-refractivity contribution < 1.29 is 4.74 Å². The summed E-state index contributed by atoms with van der Waals surface area (Å²) in [6.45, 7) is 3.72. The van der Waals surface area contributed by atoms with Crippen molar-refractivity contribution in [3.63, 3.8) is 0 Å². The van der Waals surface area contributed by atoms with Gasteiger partial charge in [0.1, 0.15) is 5.75 Å². The summed E-state index contributed by atoms with van der Waals surface area (Å²) in [4.78, 5) is 3.80. The normalized spacial score (nSPS) is 12.2. The first-order chi connectivity index (χ1) is 14.7. The van der Waals surface area contributed by atoms with E-state index in [9.17, 15) is 0 Å². The van der Waals surface area contributed by atoms with Crippen LogP contribution in [0.15, 0.2) is 72.1 Å². The Balaban J connectivity index is 1.57. The highest BCUT2D eigenvalue weighted by molar-refractivity contribution is 7.09. The van der Waals surface area contributed by atoms with Gasteiger partial charge in [-0.2, -0.15) is 4.68 Å². The lowest BCUT2D eigenvalue weighted by molar-refractivity contribution is 0.183. The SMILES string of the molecule is COc1ccc(CN(Cc2nnnn2-c2ccccc2)C(C)Cc2cccs2)cc1. The van der Waals surface area contributed by atoms with E-state index in [1.807, 2.05) is 47.1 Å². The van der Waals surface area contributed by atoms with E-state index in [0.29, 0.717) is 12.6 Å². The third-order valence-electron chi connectivity index (χ3n) is 5.12. The monoisotopic (exact) mass is 419 g/mol. The van der Waals surface area contributed by atoms with E-state index in [0.717, 1.165) is 30.2 Å². The molecule has 2 aromatic heterocycles. The smallest absolute Gasteiger partial charge is 0.170 e. The number of rotatable bonds is 9. The van der Waals surface area contributed by atoms with Gasteiger partial charge < -0.3 is 4.74 Å². The van der Waals surface area contributed by atoms with Crippen LogP contribution in [-0.2, 0) is 19.5 Å². The van der Waals surface area contributed by atoms with E-state index >= 15 is 0 Å². The topological polar surface area (TPSA) is 56.1 Å². The summed E-state index contributed by atoms with van der Waals surface area (Å²) in [6, 6.07) is 22.9. The number of nitrogens with zero attached hydrogens (tertiary/aromatic N) is 5. The van der Waals surface area contributed by atoms with Crippen LogP contribution in [0.25, 0.3) is 5.69 Å². The van der Waals surface area contributed by atoms with Crippen molar-refractivity contribution in [3.8, 4) is 11.4 Å². The third kappa shape index (κ3) is 4.93. The molecule has 0 aliphatic carbocycles. The summed E-state index contributed by atoms with van der Waals surface area (Å²) >= 11 is 1.80. The molecule has 6 nitrogen and oxygen atoms in total. The fourth-order valence-corrected chi connectivity index (χ4v) is 4.26.